The Labute approximate surface area is 59.1 Å². The van der Waals surface area contributed by atoms with Gasteiger partial charge in [-0.3, -0.25) is 0 Å². The molecule has 2 aliphatic rings. The van der Waals surface area contributed by atoms with Gasteiger partial charge >= 0.3 is 0 Å². The zero-order valence-electron chi connectivity index (χ0n) is 5.56. The monoisotopic (exact) mass is 124 g/mol. The summed E-state index contributed by atoms with van der Waals surface area (Å²) in [6.45, 7) is 0. The molecule has 44 valence electrons. The lowest BCUT2D eigenvalue weighted by Crippen LogP contribution is -1.95. The van der Waals surface area contributed by atoms with E-state index in [1.807, 2.05) is 0 Å². The molecular weight excluding hydrogens is 111 g/mol. The van der Waals surface area contributed by atoms with Crippen molar-refractivity contribution < 1.29 is 0 Å². The molecule has 0 nitrogen and oxygen atoms in total. The van der Waals surface area contributed by atoms with Gasteiger partial charge in [-0.2, -0.15) is 0 Å². The van der Waals surface area contributed by atoms with E-state index in [0.29, 0.717) is 0 Å². The van der Waals surface area contributed by atoms with E-state index in [0.717, 1.165) is 0 Å². The third-order valence-corrected chi connectivity index (χ3v) is 4.62. The van der Waals surface area contributed by atoms with Gasteiger partial charge in [-0.25, -0.2) is 0 Å². The van der Waals surface area contributed by atoms with Gasteiger partial charge in [-0.15, -0.1) is 0 Å². The van der Waals surface area contributed by atoms with E-state index < -0.39 is 0 Å². The van der Waals surface area contributed by atoms with Crippen molar-refractivity contribution in [2.75, 3.05) is 0 Å². The Bertz CT molecular complexity index is 80.6. The molecule has 0 saturated heterocycles. The highest BCUT2D eigenvalue weighted by Crippen LogP contribution is 2.51. The molecule has 8 heavy (non-hydrogen) atoms. The summed E-state index contributed by atoms with van der Waals surface area (Å²) in [7, 11) is 0. The fourth-order valence-electron chi connectivity index (χ4n) is 1.63. The maximum Gasteiger partial charge on any atom is 0.217 e. The zero-order valence-corrected chi connectivity index (χ0v) is 7.56. The highest BCUT2D eigenvalue weighted by molar-refractivity contribution is 6.12. The highest BCUT2D eigenvalue weighted by atomic mass is 27.0. The van der Waals surface area contributed by atoms with Crippen LogP contribution in [0.2, 0.25) is 4.78 Å². The van der Waals surface area contributed by atoms with Crippen molar-refractivity contribution in [2.45, 2.75) is 30.5 Å². The lowest BCUT2D eigenvalue weighted by molar-refractivity contribution is 0.650. The average Bonchev–Trinajstić information content (AvgIpc) is 2.63. The molecule has 0 bridgehead atoms. The van der Waals surface area contributed by atoms with Crippen molar-refractivity contribution in [3.63, 3.8) is 0 Å². The fraction of sp³-hybridized carbons (Fsp3) is 1.00. The second kappa shape index (κ2) is 1.76. The molecule has 2 fully saturated rings. The first-order valence-corrected chi connectivity index (χ1v) is 5.03. The molecule has 2 aliphatic carbocycles. The van der Waals surface area contributed by atoms with Crippen LogP contribution in [0, 0.1) is 11.8 Å². The molecule has 0 heterocycles. The Morgan fingerprint density at radius 1 is 1.00 bits per heavy atom. The van der Waals surface area contributed by atoms with E-state index in [9.17, 15) is 0 Å². The lowest BCUT2D eigenvalue weighted by Gasteiger charge is -2.04. The van der Waals surface area contributed by atoms with Gasteiger partial charge in [0.25, 0.3) is 0 Å². The zero-order chi connectivity index (χ0) is 5.56. The maximum atomic E-state index is 1.57. The van der Waals surface area contributed by atoms with Crippen LogP contribution in [0.5, 0.6) is 0 Å². The van der Waals surface area contributed by atoms with Crippen molar-refractivity contribution in [1.29, 1.82) is 0 Å². The Balaban J connectivity index is 1.84. The van der Waals surface area contributed by atoms with E-state index in [1.54, 1.807) is 25.7 Å². The van der Waals surface area contributed by atoms with Gasteiger partial charge in [-0.05, 0) is 0 Å². The van der Waals surface area contributed by atoms with Gasteiger partial charge in [0.2, 0.25) is 16.3 Å². The summed E-state index contributed by atoms with van der Waals surface area (Å²) in [4.78, 5) is 0. The third kappa shape index (κ3) is 0.947. The largest absolute Gasteiger partial charge is 0.217 e. The maximum absolute atomic E-state index is 1.57. The van der Waals surface area contributed by atoms with Gasteiger partial charge in [0.15, 0.2) is 0 Å². The third-order valence-electron chi connectivity index (χ3n) is 2.73. The van der Waals surface area contributed by atoms with Crippen LogP contribution in [0.15, 0.2) is 0 Å². The summed E-state index contributed by atoms with van der Waals surface area (Å²) in [5.41, 5.74) is 0. The van der Waals surface area contributed by atoms with Gasteiger partial charge < -0.3 is 0 Å². The van der Waals surface area contributed by atoms with Crippen LogP contribution < -0.4 is 0 Å². The van der Waals surface area contributed by atoms with Crippen LogP contribution in [0.1, 0.15) is 25.7 Å². The van der Waals surface area contributed by atoms with Crippen molar-refractivity contribution >= 4 is 16.3 Å². The molecule has 0 unspecified atom stereocenters. The van der Waals surface area contributed by atoms with Crippen molar-refractivity contribution in [1.82, 2.24) is 0 Å². The molecule has 0 aromatic rings. The van der Waals surface area contributed by atoms with Crippen LogP contribution in [-0.4, -0.2) is 16.3 Å². The SMILES string of the molecule is [AlH2][CH](C1CC1)C1CC1. The van der Waals surface area contributed by atoms with E-state index in [1.165, 1.54) is 32.9 Å². The van der Waals surface area contributed by atoms with E-state index in [2.05, 4.69) is 0 Å². The minimum atomic E-state index is 1.22. The Morgan fingerprint density at radius 3 is 1.62 bits per heavy atom. The van der Waals surface area contributed by atoms with Crippen LogP contribution in [0.4, 0.5) is 0 Å². The number of hydrogen-bond acceptors (Lipinski definition) is 0. The molecule has 0 aromatic carbocycles. The summed E-state index contributed by atoms with van der Waals surface area (Å²) in [6, 6.07) is 0. The minimum Gasteiger partial charge on any atom is -0.0848 e. The highest BCUT2D eigenvalue weighted by Gasteiger charge is 2.37. The van der Waals surface area contributed by atoms with Gasteiger partial charge in [0, 0.05) is 0 Å². The van der Waals surface area contributed by atoms with E-state index in [-0.39, 0.29) is 0 Å². The van der Waals surface area contributed by atoms with Gasteiger partial charge in [-0.1, -0.05) is 42.3 Å². The van der Waals surface area contributed by atoms with Crippen LogP contribution in [0.3, 0.4) is 0 Å². The molecule has 0 N–H and O–H groups in total. The molecule has 0 radical (unpaired) electrons. The Hall–Kier alpha value is 0.532. The molecule has 1 heteroatoms. The molecule has 0 aliphatic heterocycles. The Kier molecular flexibility index (Phi) is 1.17. The second-order valence-electron chi connectivity index (χ2n) is 3.53. The summed E-state index contributed by atoms with van der Waals surface area (Å²) in [6.07, 6.45) is 6.30. The van der Waals surface area contributed by atoms with Gasteiger partial charge in [0.05, 0.1) is 0 Å². The minimum absolute atomic E-state index is 1.22. The lowest BCUT2D eigenvalue weighted by atomic mass is 10.2. The number of rotatable bonds is 2. The van der Waals surface area contributed by atoms with E-state index in [4.69, 9.17) is 0 Å². The normalized spacial score (nSPS) is 29.1. The number of hydrogen-bond donors (Lipinski definition) is 0. The fourth-order valence-corrected chi connectivity index (χ4v) is 2.96. The standard InChI is InChI=1S/C7H11.Al.2H/c1-2-6(1)5-7-3-4-7;;;/h5-7H,1-4H2;;;. The Morgan fingerprint density at radius 2 is 1.38 bits per heavy atom. The summed E-state index contributed by atoms with van der Waals surface area (Å²) in [5, 5.41) is 0. The quantitative estimate of drug-likeness (QED) is 0.486. The topological polar surface area (TPSA) is 0 Å². The molecular formula is C7H13Al. The van der Waals surface area contributed by atoms with Gasteiger partial charge in [0.1, 0.15) is 0 Å². The summed E-state index contributed by atoms with van der Waals surface area (Å²) >= 11 is 1.48. The van der Waals surface area contributed by atoms with Crippen molar-refractivity contribution in [2.24, 2.45) is 11.8 Å². The molecule has 2 rings (SSSR count). The molecule has 0 spiro atoms. The predicted molar refractivity (Wildman–Crippen MR) is 37.7 cm³/mol. The first-order valence-electron chi connectivity index (χ1n) is 3.88. The van der Waals surface area contributed by atoms with Crippen LogP contribution in [-0.2, 0) is 0 Å². The predicted octanol–water partition coefficient (Wildman–Crippen LogP) is 1.23. The molecule has 0 atom stereocenters. The smallest absolute Gasteiger partial charge is 0.0848 e. The van der Waals surface area contributed by atoms with E-state index >= 15 is 0 Å². The summed E-state index contributed by atoms with van der Waals surface area (Å²) in [5.74, 6) is 2.43. The van der Waals surface area contributed by atoms with Crippen LogP contribution >= 0.6 is 0 Å². The van der Waals surface area contributed by atoms with Crippen LogP contribution in [0.25, 0.3) is 0 Å². The summed E-state index contributed by atoms with van der Waals surface area (Å²) < 4.78 is 1.23. The average molecular weight is 124 g/mol. The van der Waals surface area contributed by atoms with Crippen molar-refractivity contribution in [3.05, 3.63) is 0 Å². The second-order valence-corrected chi connectivity index (χ2v) is 4.87. The first kappa shape index (κ1) is 5.33. The molecule has 0 amide bonds. The first-order chi connectivity index (χ1) is 3.88. The molecule has 0 aromatic heterocycles. The molecule has 2 saturated carbocycles. The van der Waals surface area contributed by atoms with Crippen molar-refractivity contribution in [3.8, 4) is 0 Å².